The van der Waals surface area contributed by atoms with Gasteiger partial charge in [0.1, 0.15) is 0 Å². The highest BCUT2D eigenvalue weighted by atomic mass is 32.2. The van der Waals surface area contributed by atoms with Gasteiger partial charge < -0.3 is 0 Å². The Bertz CT molecular complexity index is 564. The summed E-state index contributed by atoms with van der Waals surface area (Å²) in [7, 11) is -4.88. The molecule has 0 spiro atoms. The number of hydrogen-bond acceptors (Lipinski definition) is 6. The number of hydrogen-bond donors (Lipinski definition) is 1. The van der Waals surface area contributed by atoms with Gasteiger partial charge in [-0.1, -0.05) is 0 Å². The molecule has 0 fully saturated rings. The maximum Gasteiger partial charge on any atom is 0.301 e. The predicted octanol–water partition coefficient (Wildman–Crippen LogP) is 0.750. The summed E-state index contributed by atoms with van der Waals surface area (Å²) in [6, 6.07) is 1.83. The molecule has 0 aliphatic rings. The minimum atomic E-state index is -4.88. The van der Waals surface area contributed by atoms with Crippen molar-refractivity contribution < 1.29 is 22.8 Å². The van der Waals surface area contributed by atoms with Crippen molar-refractivity contribution in [2.75, 3.05) is 0 Å². The van der Waals surface area contributed by atoms with E-state index in [1.807, 2.05) is 0 Å². The third-order valence-electron chi connectivity index (χ3n) is 1.63. The molecule has 1 rings (SSSR count). The molecular weight excluding hydrogens is 244 g/mol. The highest BCUT2D eigenvalue weighted by Crippen LogP contribution is 2.27. The number of nitro benzene ring substituents is 2. The molecule has 1 N–H and O–H groups in total. The van der Waals surface area contributed by atoms with Crippen LogP contribution in [0.3, 0.4) is 0 Å². The topological polar surface area (TPSA) is 141 Å². The van der Waals surface area contributed by atoms with Gasteiger partial charge in [0.2, 0.25) is 0 Å². The molecule has 0 aliphatic carbocycles. The van der Waals surface area contributed by atoms with E-state index < -0.39 is 36.2 Å². The van der Waals surface area contributed by atoms with E-state index in [1.165, 1.54) is 0 Å². The van der Waals surface area contributed by atoms with Gasteiger partial charge in [0.05, 0.1) is 9.85 Å². The number of nitro groups is 2. The Morgan fingerprint density at radius 1 is 1.12 bits per heavy atom. The maximum absolute atomic E-state index is 10.8. The fourth-order valence-corrected chi connectivity index (χ4v) is 1.65. The minimum absolute atomic E-state index is 0.424. The number of nitrogens with zero attached hydrogens (tertiary/aromatic N) is 2. The van der Waals surface area contributed by atoms with Crippen molar-refractivity contribution in [3.05, 3.63) is 38.4 Å². The SMILES string of the molecule is O=[N+]([O-])c1ccc([N+](=O)[O-])c(S(=O)(=O)O)c1. The summed E-state index contributed by atoms with van der Waals surface area (Å²) in [4.78, 5) is 17.6. The summed E-state index contributed by atoms with van der Waals surface area (Å²) in [6.07, 6.45) is 0. The van der Waals surface area contributed by atoms with E-state index in [4.69, 9.17) is 4.55 Å². The Morgan fingerprint density at radius 3 is 2.06 bits per heavy atom. The molecule has 0 unspecified atom stereocenters. The van der Waals surface area contributed by atoms with Gasteiger partial charge in [0.25, 0.3) is 11.4 Å². The van der Waals surface area contributed by atoms with Crippen LogP contribution in [0.4, 0.5) is 11.4 Å². The zero-order chi connectivity index (χ0) is 12.5. The lowest BCUT2D eigenvalue weighted by Gasteiger charge is -1.98. The van der Waals surface area contributed by atoms with Crippen LogP contribution in [-0.2, 0) is 10.1 Å². The zero-order valence-corrected chi connectivity index (χ0v) is 8.25. The molecule has 10 heteroatoms. The molecule has 1 aromatic carbocycles. The normalized spacial score (nSPS) is 11.1. The van der Waals surface area contributed by atoms with E-state index in [1.54, 1.807) is 0 Å². The third-order valence-corrected chi connectivity index (χ3v) is 2.51. The molecule has 0 heterocycles. The Balaban J connectivity index is 3.58. The van der Waals surface area contributed by atoms with Crippen LogP contribution < -0.4 is 0 Å². The van der Waals surface area contributed by atoms with Crippen LogP contribution in [0.25, 0.3) is 0 Å². The van der Waals surface area contributed by atoms with E-state index in [0.29, 0.717) is 12.1 Å². The number of non-ortho nitro benzene ring substituents is 1. The first kappa shape index (κ1) is 12.0. The Morgan fingerprint density at radius 2 is 1.69 bits per heavy atom. The Hall–Kier alpha value is -2.07. The monoisotopic (exact) mass is 248 g/mol. The smallest absolute Gasteiger partial charge is 0.282 e. The Labute approximate surface area is 88.4 Å². The van der Waals surface area contributed by atoms with Crippen molar-refractivity contribution in [1.82, 2.24) is 0 Å². The zero-order valence-electron chi connectivity index (χ0n) is 7.43. The molecule has 0 bridgehead atoms. The van der Waals surface area contributed by atoms with Gasteiger partial charge in [0, 0.05) is 18.2 Å². The van der Waals surface area contributed by atoms with Crippen LogP contribution in [0.5, 0.6) is 0 Å². The molecular formula is C6H4N2O7S. The highest BCUT2D eigenvalue weighted by molar-refractivity contribution is 7.86. The molecule has 0 amide bonds. The quantitative estimate of drug-likeness (QED) is 0.472. The van der Waals surface area contributed by atoms with E-state index in [9.17, 15) is 28.6 Å². The van der Waals surface area contributed by atoms with E-state index in [0.717, 1.165) is 6.07 Å². The second-order valence-corrected chi connectivity index (χ2v) is 4.03. The molecule has 1 aromatic rings. The first-order valence-electron chi connectivity index (χ1n) is 3.64. The molecule has 0 aromatic heterocycles. The molecule has 9 nitrogen and oxygen atoms in total. The lowest BCUT2D eigenvalue weighted by molar-refractivity contribution is -0.391. The fraction of sp³-hybridized carbons (Fsp3) is 0. The van der Waals surface area contributed by atoms with Gasteiger partial charge in [-0.25, -0.2) is 0 Å². The predicted molar refractivity (Wildman–Crippen MR) is 49.6 cm³/mol. The lowest BCUT2D eigenvalue weighted by atomic mass is 10.3. The minimum Gasteiger partial charge on any atom is -0.282 e. The average Bonchev–Trinajstić information content (AvgIpc) is 2.15. The second kappa shape index (κ2) is 3.83. The summed E-state index contributed by atoms with van der Waals surface area (Å²) < 4.78 is 30.2. The summed E-state index contributed by atoms with van der Waals surface area (Å²) in [5.41, 5.74) is -1.59. The Kier molecular flexibility index (Phi) is 2.87. The van der Waals surface area contributed by atoms with E-state index in [2.05, 4.69) is 0 Å². The standard InChI is InChI=1S/C6H4N2O7S/c9-7(10)4-1-2-5(8(11)12)6(3-4)16(13,14)15/h1-3H,(H,13,14,15). The molecule has 16 heavy (non-hydrogen) atoms. The maximum atomic E-state index is 10.8. The van der Waals surface area contributed by atoms with Gasteiger partial charge in [-0.3, -0.25) is 24.8 Å². The van der Waals surface area contributed by atoms with Crippen LogP contribution in [-0.4, -0.2) is 22.8 Å². The number of rotatable bonds is 3. The van der Waals surface area contributed by atoms with Crippen LogP contribution in [0.2, 0.25) is 0 Å². The molecule has 86 valence electrons. The molecule has 0 aliphatic heterocycles. The van der Waals surface area contributed by atoms with Crippen molar-refractivity contribution >= 4 is 21.5 Å². The summed E-state index contributed by atoms with van der Waals surface area (Å²) in [5.74, 6) is 0. The first-order chi connectivity index (χ1) is 7.23. The molecule has 0 radical (unpaired) electrons. The van der Waals surface area contributed by atoms with Gasteiger partial charge >= 0.3 is 10.1 Å². The van der Waals surface area contributed by atoms with Crippen molar-refractivity contribution in [2.45, 2.75) is 4.90 Å². The number of benzene rings is 1. The second-order valence-electron chi connectivity index (χ2n) is 2.64. The van der Waals surface area contributed by atoms with Crippen molar-refractivity contribution in [2.24, 2.45) is 0 Å². The van der Waals surface area contributed by atoms with Crippen molar-refractivity contribution in [1.29, 1.82) is 0 Å². The fourth-order valence-electron chi connectivity index (χ4n) is 0.974. The third kappa shape index (κ3) is 2.29. The first-order valence-corrected chi connectivity index (χ1v) is 5.08. The van der Waals surface area contributed by atoms with Gasteiger partial charge in [-0.2, -0.15) is 8.42 Å². The van der Waals surface area contributed by atoms with Crippen LogP contribution in [0.1, 0.15) is 0 Å². The molecule has 0 saturated carbocycles. The average molecular weight is 248 g/mol. The van der Waals surface area contributed by atoms with Crippen LogP contribution in [0, 0.1) is 20.2 Å². The summed E-state index contributed by atoms with van der Waals surface area (Å²) in [6.45, 7) is 0. The van der Waals surface area contributed by atoms with Crippen LogP contribution >= 0.6 is 0 Å². The summed E-state index contributed by atoms with van der Waals surface area (Å²) in [5, 5.41) is 20.7. The van der Waals surface area contributed by atoms with Crippen molar-refractivity contribution in [3.63, 3.8) is 0 Å². The lowest BCUT2D eigenvalue weighted by Crippen LogP contribution is -2.04. The molecule has 0 saturated heterocycles. The van der Waals surface area contributed by atoms with Gasteiger partial charge in [-0.15, -0.1) is 0 Å². The highest BCUT2D eigenvalue weighted by Gasteiger charge is 2.26. The van der Waals surface area contributed by atoms with E-state index >= 15 is 0 Å². The molecule has 0 atom stereocenters. The van der Waals surface area contributed by atoms with E-state index in [-0.39, 0.29) is 0 Å². The summed E-state index contributed by atoms with van der Waals surface area (Å²) >= 11 is 0. The van der Waals surface area contributed by atoms with Crippen molar-refractivity contribution in [3.8, 4) is 0 Å². The van der Waals surface area contributed by atoms with Gasteiger partial charge in [0.15, 0.2) is 4.90 Å². The van der Waals surface area contributed by atoms with Crippen LogP contribution in [0.15, 0.2) is 23.1 Å². The largest absolute Gasteiger partial charge is 0.301 e. The van der Waals surface area contributed by atoms with Gasteiger partial charge in [-0.05, 0) is 0 Å².